The van der Waals surface area contributed by atoms with Gasteiger partial charge in [0.05, 0.1) is 20.2 Å². The maximum Gasteiger partial charge on any atom is 0.289 e. The normalized spacial score (nSPS) is 21.1. The smallest absolute Gasteiger partial charge is 0.289 e. The molecule has 0 spiro atoms. The van der Waals surface area contributed by atoms with Crippen molar-refractivity contribution in [3.63, 3.8) is 0 Å². The van der Waals surface area contributed by atoms with E-state index in [9.17, 15) is 32.8 Å². The Morgan fingerprint density at radius 1 is 1.24 bits per heavy atom. The van der Waals surface area contributed by atoms with Crippen LogP contribution in [0.4, 0.5) is 8.78 Å². The summed E-state index contributed by atoms with van der Waals surface area (Å²) in [6, 6.07) is 2.71. The average molecular weight is 480 g/mol. The molecule has 2 fully saturated rings. The van der Waals surface area contributed by atoms with Crippen LogP contribution in [0.1, 0.15) is 30.4 Å². The minimum atomic E-state index is -3.36. The summed E-state index contributed by atoms with van der Waals surface area (Å²) < 4.78 is 33.3. The second-order valence-electron chi connectivity index (χ2n) is 8.32. The lowest BCUT2D eigenvalue weighted by molar-refractivity contribution is -0.144. The fourth-order valence-electron chi connectivity index (χ4n) is 3.91. The minimum absolute atomic E-state index is 0.0402. The third kappa shape index (κ3) is 5.86. The first-order chi connectivity index (χ1) is 16.0. The molecule has 1 aromatic rings. The highest BCUT2D eigenvalue weighted by atomic mass is 19.3. The van der Waals surface area contributed by atoms with Gasteiger partial charge in [-0.3, -0.25) is 24.0 Å². The highest BCUT2D eigenvalue weighted by Crippen LogP contribution is 2.32. The standard InChI is InChI=1S/C22H26F2N4O6/c1-12-3-4-13(7-16(12)34-2)9-25-21(33)19(31)15-8-22(23,24)11-28(15)18(30)10-26-20(32)14-5-6-17(29)27-14/h3-4,7,14-15H,5-6,8-11H2,1-2H3,(H,25,33)(H,26,32)(H,27,29). The van der Waals surface area contributed by atoms with Crippen molar-refractivity contribution in [1.29, 1.82) is 0 Å². The number of ketones is 1. The minimum Gasteiger partial charge on any atom is -0.496 e. The Labute approximate surface area is 194 Å². The third-order valence-corrected chi connectivity index (χ3v) is 5.77. The van der Waals surface area contributed by atoms with Gasteiger partial charge in [0, 0.05) is 19.4 Å². The first-order valence-electron chi connectivity index (χ1n) is 10.7. The molecule has 34 heavy (non-hydrogen) atoms. The third-order valence-electron chi connectivity index (χ3n) is 5.77. The molecule has 0 saturated carbocycles. The molecule has 0 aliphatic carbocycles. The number of carbonyl (C=O) groups excluding carboxylic acids is 5. The van der Waals surface area contributed by atoms with Gasteiger partial charge < -0.3 is 25.6 Å². The average Bonchev–Trinajstić information content (AvgIpc) is 3.38. The summed E-state index contributed by atoms with van der Waals surface area (Å²) in [5.74, 6) is -6.89. The number of alkyl halides is 2. The fraction of sp³-hybridized carbons (Fsp3) is 0.500. The Bertz CT molecular complexity index is 1020. The van der Waals surface area contributed by atoms with Crippen molar-refractivity contribution in [3.05, 3.63) is 29.3 Å². The van der Waals surface area contributed by atoms with Crippen molar-refractivity contribution in [2.45, 2.75) is 50.7 Å². The number of Topliss-reactive ketones (excluding diaryl/α,β-unsaturated/α-hetero) is 1. The van der Waals surface area contributed by atoms with Crippen LogP contribution in [0, 0.1) is 6.92 Å². The van der Waals surface area contributed by atoms with Crippen LogP contribution < -0.4 is 20.7 Å². The number of methoxy groups -OCH3 is 1. The van der Waals surface area contributed by atoms with Crippen LogP contribution in [0.3, 0.4) is 0 Å². The topological polar surface area (TPSA) is 134 Å². The number of halogens is 2. The molecule has 4 amide bonds. The molecule has 0 bridgehead atoms. The van der Waals surface area contributed by atoms with E-state index in [1.54, 1.807) is 18.2 Å². The zero-order chi connectivity index (χ0) is 25.0. The van der Waals surface area contributed by atoms with Gasteiger partial charge in [-0.15, -0.1) is 0 Å². The van der Waals surface area contributed by atoms with Gasteiger partial charge >= 0.3 is 0 Å². The summed E-state index contributed by atoms with van der Waals surface area (Å²) in [6.45, 7) is 0.112. The molecule has 184 valence electrons. The van der Waals surface area contributed by atoms with Gasteiger partial charge in [0.2, 0.25) is 23.5 Å². The van der Waals surface area contributed by atoms with E-state index in [1.807, 2.05) is 6.92 Å². The Kier molecular flexibility index (Phi) is 7.48. The Balaban J connectivity index is 1.59. The van der Waals surface area contributed by atoms with E-state index in [4.69, 9.17) is 4.74 Å². The fourth-order valence-corrected chi connectivity index (χ4v) is 3.91. The molecule has 0 aromatic heterocycles. The van der Waals surface area contributed by atoms with Crippen molar-refractivity contribution in [3.8, 4) is 5.75 Å². The van der Waals surface area contributed by atoms with E-state index in [2.05, 4.69) is 16.0 Å². The van der Waals surface area contributed by atoms with Crippen molar-refractivity contribution >= 4 is 29.4 Å². The monoisotopic (exact) mass is 480 g/mol. The molecular weight excluding hydrogens is 454 g/mol. The van der Waals surface area contributed by atoms with Crippen molar-refractivity contribution in [1.82, 2.24) is 20.9 Å². The van der Waals surface area contributed by atoms with Crippen molar-refractivity contribution in [2.24, 2.45) is 0 Å². The zero-order valence-electron chi connectivity index (χ0n) is 18.8. The molecule has 2 aliphatic heterocycles. The second kappa shape index (κ2) is 10.1. The number of hydrogen-bond acceptors (Lipinski definition) is 6. The summed E-state index contributed by atoms with van der Waals surface area (Å²) in [6.07, 6.45) is -0.559. The first kappa shape index (κ1) is 25.1. The van der Waals surface area contributed by atoms with Crippen LogP contribution in [0.5, 0.6) is 5.75 Å². The van der Waals surface area contributed by atoms with Gasteiger partial charge in [0.25, 0.3) is 11.8 Å². The maximum atomic E-state index is 14.1. The molecule has 0 radical (unpaired) electrons. The highest BCUT2D eigenvalue weighted by Gasteiger charge is 2.51. The van der Waals surface area contributed by atoms with Crippen LogP contribution in [-0.2, 0) is 30.5 Å². The van der Waals surface area contributed by atoms with E-state index in [0.29, 0.717) is 16.2 Å². The van der Waals surface area contributed by atoms with E-state index < -0.39 is 61.0 Å². The molecule has 1 aromatic carbocycles. The Morgan fingerprint density at radius 3 is 2.62 bits per heavy atom. The van der Waals surface area contributed by atoms with Crippen LogP contribution in [0.15, 0.2) is 18.2 Å². The SMILES string of the molecule is COc1cc(CNC(=O)C(=O)C2CC(F)(F)CN2C(=O)CNC(=O)C2CCC(=O)N2)ccc1C. The number of hydrogen-bond donors (Lipinski definition) is 3. The molecule has 2 aliphatic rings. The number of benzene rings is 1. The molecule has 10 nitrogen and oxygen atoms in total. The number of nitrogens with zero attached hydrogens (tertiary/aromatic N) is 1. The summed E-state index contributed by atoms with van der Waals surface area (Å²) in [4.78, 5) is 61.4. The largest absolute Gasteiger partial charge is 0.496 e. The van der Waals surface area contributed by atoms with E-state index >= 15 is 0 Å². The number of rotatable bonds is 8. The van der Waals surface area contributed by atoms with Gasteiger partial charge in [-0.05, 0) is 30.5 Å². The summed E-state index contributed by atoms with van der Waals surface area (Å²) in [5, 5.41) is 7.10. The van der Waals surface area contributed by atoms with Gasteiger partial charge in [-0.1, -0.05) is 12.1 Å². The molecule has 3 N–H and O–H groups in total. The van der Waals surface area contributed by atoms with E-state index in [0.717, 1.165) is 5.56 Å². The van der Waals surface area contributed by atoms with Crippen molar-refractivity contribution < 1.29 is 37.5 Å². The van der Waals surface area contributed by atoms with Gasteiger partial charge in [-0.2, -0.15) is 0 Å². The predicted molar refractivity (Wildman–Crippen MR) is 114 cm³/mol. The summed E-state index contributed by atoms with van der Waals surface area (Å²) in [5.41, 5.74) is 1.51. The van der Waals surface area contributed by atoms with Crippen molar-refractivity contribution in [2.75, 3.05) is 20.2 Å². The number of nitrogens with one attached hydrogen (secondary N) is 3. The number of aryl methyl sites for hydroxylation is 1. The number of carbonyl (C=O) groups is 5. The van der Waals surface area contributed by atoms with Crippen LogP contribution in [0.2, 0.25) is 0 Å². The number of amides is 4. The van der Waals surface area contributed by atoms with Crippen LogP contribution >= 0.6 is 0 Å². The summed E-state index contributed by atoms with van der Waals surface area (Å²) >= 11 is 0. The molecular formula is C22H26F2N4O6. The zero-order valence-corrected chi connectivity index (χ0v) is 18.8. The Morgan fingerprint density at radius 2 is 1.97 bits per heavy atom. The second-order valence-corrected chi connectivity index (χ2v) is 8.32. The lowest BCUT2D eigenvalue weighted by Gasteiger charge is -2.23. The molecule has 2 saturated heterocycles. The summed E-state index contributed by atoms with van der Waals surface area (Å²) in [7, 11) is 1.49. The first-order valence-corrected chi connectivity index (χ1v) is 10.7. The molecule has 2 atom stereocenters. The van der Waals surface area contributed by atoms with Gasteiger partial charge in [0.15, 0.2) is 0 Å². The predicted octanol–water partition coefficient (Wildman–Crippen LogP) is -0.180. The van der Waals surface area contributed by atoms with Gasteiger partial charge in [0.1, 0.15) is 17.8 Å². The van der Waals surface area contributed by atoms with Crippen LogP contribution in [0.25, 0.3) is 0 Å². The molecule has 12 heteroatoms. The molecule has 3 rings (SSSR count). The number of ether oxygens (including phenoxy) is 1. The quantitative estimate of drug-likeness (QED) is 0.442. The lowest BCUT2D eigenvalue weighted by Crippen LogP contribution is -2.51. The highest BCUT2D eigenvalue weighted by molar-refractivity contribution is 6.38. The molecule has 2 heterocycles. The maximum absolute atomic E-state index is 14.1. The number of likely N-dealkylation sites (tertiary alicyclic amines) is 1. The van der Waals surface area contributed by atoms with E-state index in [-0.39, 0.29) is 25.3 Å². The Hall–Kier alpha value is -3.57. The van der Waals surface area contributed by atoms with E-state index in [1.165, 1.54) is 7.11 Å². The van der Waals surface area contributed by atoms with Crippen LogP contribution in [-0.4, -0.2) is 72.5 Å². The van der Waals surface area contributed by atoms with Gasteiger partial charge in [-0.25, -0.2) is 8.78 Å². The molecule has 2 unspecified atom stereocenters. The lowest BCUT2D eigenvalue weighted by atomic mass is 10.1.